The van der Waals surface area contributed by atoms with E-state index >= 15 is 0 Å². The van der Waals surface area contributed by atoms with Gasteiger partial charge in [-0.3, -0.25) is 14.3 Å². The van der Waals surface area contributed by atoms with E-state index in [2.05, 4.69) is 16.5 Å². The summed E-state index contributed by atoms with van der Waals surface area (Å²) in [5.41, 5.74) is -0.599. The maximum absolute atomic E-state index is 14.8. The smallest absolute Gasteiger partial charge is 0.331 e. The van der Waals surface area contributed by atoms with Crippen molar-refractivity contribution in [2.24, 2.45) is 0 Å². The number of benzene rings is 3. The maximum atomic E-state index is 14.8. The van der Waals surface area contributed by atoms with Crippen molar-refractivity contribution in [3.63, 3.8) is 0 Å². The number of piperazine rings is 1. The quantitative estimate of drug-likeness (QED) is 0.184. The zero-order valence-electron chi connectivity index (χ0n) is 24.4. The van der Waals surface area contributed by atoms with E-state index in [0.29, 0.717) is 24.2 Å². The van der Waals surface area contributed by atoms with E-state index in [1.807, 2.05) is 13.8 Å². The number of amides is 1. The molecule has 0 N–H and O–H groups in total. The molecule has 2 aliphatic rings. The molecule has 12 heteroatoms. The summed E-state index contributed by atoms with van der Waals surface area (Å²) in [6.07, 6.45) is -2.37. The van der Waals surface area contributed by atoms with Gasteiger partial charge in [0.2, 0.25) is 5.91 Å². The van der Waals surface area contributed by atoms with Gasteiger partial charge in [-0.15, -0.1) is 11.8 Å². The Hall–Kier alpha value is -4.03. The number of hydrogen-bond acceptors (Lipinski definition) is 5. The number of alkyl halides is 3. The van der Waals surface area contributed by atoms with Gasteiger partial charge in [-0.25, -0.2) is 18.6 Å². The molecule has 6 nitrogen and oxygen atoms in total. The lowest BCUT2D eigenvalue weighted by Gasteiger charge is -2.48. The summed E-state index contributed by atoms with van der Waals surface area (Å²) in [6, 6.07) is 11.1. The molecular formula is C33H29F5N4O2S. The molecule has 1 aromatic heterocycles. The first kappa shape index (κ1) is 31.0. The zero-order chi connectivity index (χ0) is 32.2. The van der Waals surface area contributed by atoms with Crippen LogP contribution in [0, 0.1) is 11.6 Å². The van der Waals surface area contributed by atoms with Crippen LogP contribution in [0.2, 0.25) is 0 Å². The Morgan fingerprint density at radius 1 is 0.978 bits per heavy atom. The van der Waals surface area contributed by atoms with E-state index in [1.165, 1.54) is 46.7 Å². The van der Waals surface area contributed by atoms with E-state index in [4.69, 9.17) is 0 Å². The average molecular weight is 641 g/mol. The molecular weight excluding hydrogens is 611 g/mol. The second-order valence-corrected chi connectivity index (χ2v) is 12.6. The van der Waals surface area contributed by atoms with Gasteiger partial charge in [0.05, 0.1) is 16.5 Å². The van der Waals surface area contributed by atoms with Crippen LogP contribution in [0.1, 0.15) is 30.9 Å². The molecule has 3 heterocycles. The molecule has 1 amide bonds. The summed E-state index contributed by atoms with van der Waals surface area (Å²) in [7, 11) is 0. The highest BCUT2D eigenvalue weighted by Crippen LogP contribution is 2.51. The molecule has 0 bridgehead atoms. The minimum absolute atomic E-state index is 0.0578. The van der Waals surface area contributed by atoms with E-state index in [-0.39, 0.29) is 45.9 Å². The van der Waals surface area contributed by atoms with Crippen LogP contribution < -0.4 is 5.69 Å². The molecule has 3 aromatic carbocycles. The van der Waals surface area contributed by atoms with Crippen molar-refractivity contribution in [1.29, 1.82) is 0 Å². The lowest BCUT2D eigenvalue weighted by Crippen LogP contribution is -2.60. The number of thioether (sulfide) groups is 1. The van der Waals surface area contributed by atoms with Crippen molar-refractivity contribution < 1.29 is 26.7 Å². The van der Waals surface area contributed by atoms with Gasteiger partial charge in [-0.05, 0) is 61.4 Å². The predicted molar refractivity (Wildman–Crippen MR) is 163 cm³/mol. The third-order valence-electron chi connectivity index (χ3n) is 8.53. The summed E-state index contributed by atoms with van der Waals surface area (Å²) in [6.45, 7) is 8.24. The van der Waals surface area contributed by atoms with Crippen molar-refractivity contribution in [2.45, 2.75) is 54.8 Å². The van der Waals surface area contributed by atoms with Crippen molar-refractivity contribution >= 4 is 28.6 Å². The van der Waals surface area contributed by atoms with E-state index in [1.54, 1.807) is 17.0 Å². The molecule has 4 aromatic rings. The molecule has 4 atom stereocenters. The number of halogens is 5. The van der Waals surface area contributed by atoms with Crippen LogP contribution in [-0.4, -0.2) is 55.8 Å². The Balaban J connectivity index is 1.61. The fourth-order valence-corrected chi connectivity index (χ4v) is 8.31. The minimum atomic E-state index is -4.78. The van der Waals surface area contributed by atoms with Crippen molar-refractivity contribution in [3.05, 3.63) is 107 Å². The van der Waals surface area contributed by atoms with Crippen LogP contribution >= 0.6 is 11.8 Å². The SMILES string of the molecule is C=CC(=O)N1[C@H](C)CN(C2Sc3c(-c4ccc(F)cc4)c(C(F)(F)F)cc4cnc(=O)n(c34)CC2c2ccc(F)cc2)C[C@@H]1C. The van der Waals surface area contributed by atoms with Crippen LogP contribution in [0.25, 0.3) is 22.0 Å². The number of hydrogen-bond donors (Lipinski definition) is 0. The van der Waals surface area contributed by atoms with Crippen LogP contribution in [-0.2, 0) is 17.5 Å². The van der Waals surface area contributed by atoms with Gasteiger partial charge in [0.15, 0.2) is 0 Å². The second kappa shape index (κ2) is 11.7. The van der Waals surface area contributed by atoms with Gasteiger partial charge in [0.25, 0.3) is 0 Å². The normalized spacial score (nSPS) is 22.3. The van der Waals surface area contributed by atoms with Crippen LogP contribution in [0.3, 0.4) is 0 Å². The Bertz CT molecular complexity index is 1830. The first-order valence-corrected chi connectivity index (χ1v) is 15.3. The fourth-order valence-electron chi connectivity index (χ4n) is 6.66. The first-order chi connectivity index (χ1) is 21.4. The Morgan fingerprint density at radius 2 is 1.58 bits per heavy atom. The molecule has 0 spiro atoms. The number of carbonyl (C=O) groups is 1. The van der Waals surface area contributed by atoms with Gasteiger partial charge in [0.1, 0.15) is 11.6 Å². The van der Waals surface area contributed by atoms with E-state index < -0.39 is 40.4 Å². The highest BCUT2D eigenvalue weighted by Gasteiger charge is 2.43. The molecule has 1 fully saturated rings. The Morgan fingerprint density at radius 3 is 2.16 bits per heavy atom. The third kappa shape index (κ3) is 5.65. The lowest BCUT2D eigenvalue weighted by molar-refractivity contribution is -0.137. The van der Waals surface area contributed by atoms with Crippen LogP contribution in [0.15, 0.2) is 83.1 Å². The molecule has 6 rings (SSSR count). The maximum Gasteiger partial charge on any atom is 0.417 e. The molecule has 2 aliphatic heterocycles. The van der Waals surface area contributed by atoms with Gasteiger partial charge >= 0.3 is 11.9 Å². The van der Waals surface area contributed by atoms with Gasteiger partial charge in [-0.2, -0.15) is 13.2 Å². The lowest BCUT2D eigenvalue weighted by atomic mass is 9.95. The number of aromatic nitrogens is 2. The molecule has 2 unspecified atom stereocenters. The molecule has 1 saturated heterocycles. The number of nitrogens with zero attached hydrogens (tertiary/aromatic N) is 4. The van der Waals surface area contributed by atoms with Crippen molar-refractivity contribution in [3.8, 4) is 11.1 Å². The highest BCUT2D eigenvalue weighted by molar-refractivity contribution is 8.00. The Labute approximate surface area is 260 Å². The average Bonchev–Trinajstić information content (AvgIpc) is 3.17. The van der Waals surface area contributed by atoms with Gasteiger partial charge < -0.3 is 4.90 Å². The van der Waals surface area contributed by atoms with Gasteiger partial charge in [-0.1, -0.05) is 30.8 Å². The predicted octanol–water partition coefficient (Wildman–Crippen LogP) is 6.68. The van der Waals surface area contributed by atoms with E-state index in [9.17, 15) is 31.5 Å². The molecule has 0 aliphatic carbocycles. The molecule has 234 valence electrons. The van der Waals surface area contributed by atoms with Crippen LogP contribution in [0.4, 0.5) is 22.0 Å². The monoisotopic (exact) mass is 640 g/mol. The van der Waals surface area contributed by atoms with Crippen LogP contribution in [0.5, 0.6) is 0 Å². The summed E-state index contributed by atoms with van der Waals surface area (Å²) in [4.78, 5) is 34.1. The number of carbonyl (C=O) groups excluding carboxylic acids is 1. The van der Waals surface area contributed by atoms with E-state index in [0.717, 1.165) is 24.4 Å². The standard InChI is InChI=1S/C33H29F5N4O2S/c1-4-27(43)42-18(2)15-40(16-19(42)3)31-25(20-5-9-23(34)10-6-20)17-41-29-22(14-39-32(41)44)13-26(33(36,37)38)28(30(29)45-31)21-7-11-24(35)12-8-21/h4-14,18-19,25,31H,1,15-17H2,2-3H3/t18-,19+,25?,31?. The summed E-state index contributed by atoms with van der Waals surface area (Å²) in [5.74, 6) is -1.77. The largest absolute Gasteiger partial charge is 0.417 e. The minimum Gasteiger partial charge on any atom is -0.331 e. The highest BCUT2D eigenvalue weighted by atomic mass is 32.2. The number of rotatable bonds is 4. The summed E-state index contributed by atoms with van der Waals surface area (Å²) in [5, 5.41) is -0.413. The van der Waals surface area contributed by atoms with Crippen molar-refractivity contribution in [2.75, 3.05) is 13.1 Å². The molecule has 45 heavy (non-hydrogen) atoms. The third-order valence-corrected chi connectivity index (χ3v) is 10.0. The summed E-state index contributed by atoms with van der Waals surface area (Å²) < 4.78 is 73.8. The zero-order valence-corrected chi connectivity index (χ0v) is 25.2. The molecule has 0 saturated carbocycles. The van der Waals surface area contributed by atoms with Crippen molar-refractivity contribution in [1.82, 2.24) is 19.4 Å². The second-order valence-electron chi connectivity index (χ2n) is 11.5. The Kier molecular flexibility index (Phi) is 8.07. The van der Waals surface area contributed by atoms with Gasteiger partial charge in [0, 0.05) is 59.7 Å². The topological polar surface area (TPSA) is 58.4 Å². The molecule has 0 radical (unpaired) electrons. The first-order valence-electron chi connectivity index (χ1n) is 14.4. The summed E-state index contributed by atoms with van der Waals surface area (Å²) >= 11 is 1.20. The fraction of sp³-hybridized carbons (Fsp3) is 0.303.